The third kappa shape index (κ3) is 2.66. The van der Waals surface area contributed by atoms with Gasteiger partial charge in [0.1, 0.15) is 0 Å². The Hall–Kier alpha value is -2.09. The molecule has 0 spiro atoms. The summed E-state index contributed by atoms with van der Waals surface area (Å²) >= 11 is 0. The summed E-state index contributed by atoms with van der Waals surface area (Å²) in [7, 11) is 0. The van der Waals surface area contributed by atoms with Gasteiger partial charge >= 0.3 is 5.97 Å². The number of nitrogens with two attached hydrogens (primary N) is 1. The topological polar surface area (TPSA) is 111 Å². The van der Waals surface area contributed by atoms with Crippen LogP contribution >= 0.6 is 0 Å². The number of rotatable bonds is 1. The maximum atomic E-state index is 10.3. The molecule has 0 unspecified atom stereocenters. The second-order valence-electron chi connectivity index (χ2n) is 1.93. The van der Waals surface area contributed by atoms with Crippen molar-refractivity contribution in [2.45, 2.75) is 0 Å². The normalized spacial score (nSPS) is 7.83. The zero-order valence-electron chi connectivity index (χ0n) is 6.14. The number of hydrogen-bond donors (Lipinski definition) is 2. The van der Waals surface area contributed by atoms with Crippen molar-refractivity contribution in [3.05, 3.63) is 29.8 Å². The molecule has 1 aromatic rings. The molecule has 0 saturated heterocycles. The minimum Gasteiger partial charge on any atom is -0.478 e. The Kier molecular flexibility index (Phi) is 3.87. The molecule has 3 N–H and O–H groups in total. The molecule has 5 nitrogen and oxygen atoms in total. The van der Waals surface area contributed by atoms with E-state index in [4.69, 9.17) is 21.6 Å². The minimum atomic E-state index is -0.931. The van der Waals surface area contributed by atoms with Gasteiger partial charge in [-0.15, -0.1) is 0 Å². The molecular weight excluding hydrogens is 158 g/mol. The van der Waals surface area contributed by atoms with Crippen LogP contribution in [0.5, 0.6) is 0 Å². The summed E-state index contributed by atoms with van der Waals surface area (Å²) in [5, 5.41) is 20.4. The fraction of sp³-hybridized carbons (Fsp3) is 0. The van der Waals surface area contributed by atoms with Crippen molar-refractivity contribution in [2.75, 3.05) is 5.73 Å². The van der Waals surface area contributed by atoms with Crippen LogP contribution in [-0.2, 0) is 0 Å². The summed E-state index contributed by atoms with van der Waals surface area (Å²) in [6.07, 6.45) is 0. The van der Waals surface area contributed by atoms with Gasteiger partial charge in [-0.3, -0.25) is 0 Å². The molecule has 0 heterocycles. The zero-order valence-corrected chi connectivity index (χ0v) is 6.14. The predicted molar refractivity (Wildman–Crippen MR) is 41.3 cm³/mol. The Morgan fingerprint density at radius 2 is 1.67 bits per heavy atom. The molecule has 0 aliphatic carbocycles. The second kappa shape index (κ2) is 4.68. The van der Waals surface area contributed by atoms with E-state index < -0.39 is 5.97 Å². The monoisotopic (exact) mass is 165 g/mol. The number of nitrogens with zero attached hydrogens (tertiary/aromatic N) is 2. The lowest BCUT2D eigenvalue weighted by molar-refractivity contribution is 0.0697. The summed E-state index contributed by atoms with van der Waals surface area (Å²) in [5.74, 6) is -0.931. The van der Waals surface area contributed by atoms with Crippen LogP contribution in [0, 0.1) is 10.8 Å². The number of aromatic carboxylic acids is 1. The van der Waals surface area contributed by atoms with E-state index in [1.807, 2.05) is 0 Å². The molecule has 0 amide bonds. The Bertz CT molecular complexity index is 278. The molecule has 0 bridgehead atoms. The lowest BCUT2D eigenvalue weighted by atomic mass is 10.2. The van der Waals surface area contributed by atoms with Gasteiger partial charge in [0.2, 0.25) is 0 Å². The molecule has 5 heteroatoms. The molecule has 0 saturated carbocycles. The molecule has 0 aromatic heterocycles. The average molecular weight is 165 g/mol. The molecular formula is C7H7N3O2. The highest BCUT2D eigenvalue weighted by Crippen LogP contribution is 2.04. The van der Waals surface area contributed by atoms with Gasteiger partial charge in [0.25, 0.3) is 0 Å². The summed E-state index contributed by atoms with van der Waals surface area (Å²) in [5.41, 5.74) is 6.17. The van der Waals surface area contributed by atoms with Crippen molar-refractivity contribution in [3.8, 4) is 0 Å². The molecule has 0 fully saturated rings. The summed E-state index contributed by atoms with van der Waals surface area (Å²) in [6.45, 7) is 0. The Balaban J connectivity index is 0.000000561. The fourth-order valence-corrected chi connectivity index (χ4v) is 0.626. The number of hydrogen-bond acceptors (Lipinski definition) is 4. The number of anilines is 1. The van der Waals surface area contributed by atoms with Gasteiger partial charge in [-0.2, -0.15) is 0 Å². The molecule has 0 radical (unpaired) electrons. The first-order valence-corrected chi connectivity index (χ1v) is 2.99. The third-order valence-electron chi connectivity index (χ3n) is 1.16. The van der Waals surface area contributed by atoms with E-state index in [0.717, 1.165) is 0 Å². The van der Waals surface area contributed by atoms with E-state index in [0.29, 0.717) is 5.69 Å². The largest absolute Gasteiger partial charge is 0.478 e. The maximum Gasteiger partial charge on any atom is 0.335 e. The third-order valence-corrected chi connectivity index (χ3v) is 1.16. The van der Waals surface area contributed by atoms with Crippen molar-refractivity contribution in [1.82, 2.24) is 0 Å². The van der Waals surface area contributed by atoms with Gasteiger partial charge in [0.05, 0.1) is 5.56 Å². The van der Waals surface area contributed by atoms with E-state index in [1.54, 1.807) is 12.1 Å². The first kappa shape index (κ1) is 9.91. The molecule has 1 rings (SSSR count). The lowest BCUT2D eigenvalue weighted by Gasteiger charge is -1.93. The standard InChI is InChI=1S/C7H7NO2.N2/c8-6-3-1-5(2-4-6)7(9)10;1-2/h1-4H,8H2,(H,9,10);. The molecule has 62 valence electrons. The van der Waals surface area contributed by atoms with Crippen LogP contribution in [-0.4, -0.2) is 11.1 Å². The van der Waals surface area contributed by atoms with Crippen molar-refractivity contribution >= 4 is 11.7 Å². The van der Waals surface area contributed by atoms with E-state index in [1.165, 1.54) is 12.1 Å². The van der Waals surface area contributed by atoms with Crippen LogP contribution in [0.3, 0.4) is 0 Å². The zero-order chi connectivity index (χ0) is 9.56. The molecule has 0 aliphatic rings. The first-order chi connectivity index (χ1) is 5.70. The number of benzene rings is 1. The minimum absolute atomic E-state index is 0.259. The van der Waals surface area contributed by atoms with Gasteiger partial charge in [0.15, 0.2) is 0 Å². The van der Waals surface area contributed by atoms with Crippen molar-refractivity contribution in [2.24, 2.45) is 0 Å². The number of carbonyl (C=O) groups is 1. The van der Waals surface area contributed by atoms with Gasteiger partial charge in [-0.05, 0) is 24.3 Å². The van der Waals surface area contributed by atoms with Gasteiger partial charge in [0, 0.05) is 16.5 Å². The van der Waals surface area contributed by atoms with Gasteiger partial charge in [-0.25, -0.2) is 4.79 Å². The highest BCUT2D eigenvalue weighted by Gasteiger charge is 1.98. The van der Waals surface area contributed by atoms with Crippen LogP contribution in [0.2, 0.25) is 0 Å². The number of nitrogen functional groups attached to an aromatic ring is 1. The van der Waals surface area contributed by atoms with E-state index in [9.17, 15) is 4.79 Å². The van der Waals surface area contributed by atoms with Crippen LogP contribution < -0.4 is 5.73 Å². The van der Waals surface area contributed by atoms with Crippen molar-refractivity contribution in [1.29, 1.82) is 10.8 Å². The molecule has 1 aromatic carbocycles. The molecule has 0 atom stereocenters. The summed E-state index contributed by atoms with van der Waals surface area (Å²) in [4.78, 5) is 10.3. The van der Waals surface area contributed by atoms with Crippen molar-refractivity contribution < 1.29 is 9.90 Å². The van der Waals surface area contributed by atoms with Crippen LogP contribution in [0.15, 0.2) is 24.3 Å². The summed E-state index contributed by atoms with van der Waals surface area (Å²) in [6, 6.07) is 6.06. The Labute approximate surface area is 68.8 Å². The highest BCUT2D eigenvalue weighted by atomic mass is 16.4. The SMILES string of the molecule is N#N.Nc1ccc(C(=O)O)cc1. The number of carboxylic acids is 1. The summed E-state index contributed by atoms with van der Waals surface area (Å²) < 4.78 is 0. The smallest absolute Gasteiger partial charge is 0.335 e. The first-order valence-electron chi connectivity index (χ1n) is 2.99. The predicted octanol–water partition coefficient (Wildman–Crippen LogP) is 0.997. The quantitative estimate of drug-likeness (QED) is 0.476. The van der Waals surface area contributed by atoms with E-state index in [-0.39, 0.29) is 5.56 Å². The fourth-order valence-electron chi connectivity index (χ4n) is 0.626. The maximum absolute atomic E-state index is 10.3. The average Bonchev–Trinajstić information content (AvgIpc) is 2.09. The molecule has 12 heavy (non-hydrogen) atoms. The Morgan fingerprint density at radius 3 is 2.00 bits per heavy atom. The second-order valence-corrected chi connectivity index (χ2v) is 1.93. The lowest BCUT2D eigenvalue weighted by Crippen LogP contribution is -1.95. The molecule has 0 aliphatic heterocycles. The number of carboxylic acid groups (broad SMARTS) is 1. The van der Waals surface area contributed by atoms with E-state index in [2.05, 4.69) is 0 Å². The highest BCUT2D eigenvalue weighted by molar-refractivity contribution is 5.87. The van der Waals surface area contributed by atoms with Crippen LogP contribution in [0.25, 0.3) is 0 Å². The van der Waals surface area contributed by atoms with Crippen LogP contribution in [0.1, 0.15) is 10.4 Å². The van der Waals surface area contributed by atoms with Crippen LogP contribution in [0.4, 0.5) is 5.69 Å². The van der Waals surface area contributed by atoms with Gasteiger partial charge < -0.3 is 10.8 Å². The van der Waals surface area contributed by atoms with Gasteiger partial charge in [-0.1, -0.05) is 0 Å². The van der Waals surface area contributed by atoms with Crippen molar-refractivity contribution in [3.63, 3.8) is 0 Å². The van der Waals surface area contributed by atoms with E-state index >= 15 is 0 Å². The Morgan fingerprint density at radius 1 is 1.25 bits per heavy atom.